The Hall–Kier alpha value is -1.04. The van der Waals surface area contributed by atoms with Crippen molar-refractivity contribution in [2.24, 2.45) is 0 Å². The summed E-state index contributed by atoms with van der Waals surface area (Å²) in [4.78, 5) is 0. The molecule has 0 aromatic rings. The fourth-order valence-corrected chi connectivity index (χ4v) is 0.922. The van der Waals surface area contributed by atoms with Crippen molar-refractivity contribution in [3.63, 3.8) is 0 Å². The van der Waals surface area contributed by atoms with Gasteiger partial charge < -0.3 is 0 Å². The Morgan fingerprint density at radius 3 is 1.67 bits per heavy atom. The Morgan fingerprint density at radius 1 is 1.00 bits per heavy atom. The first kappa shape index (κ1) is 11.0. The van der Waals surface area contributed by atoms with E-state index in [1.54, 1.807) is 0 Å². The van der Waals surface area contributed by atoms with Gasteiger partial charge in [0.2, 0.25) is 0 Å². The zero-order valence-electron chi connectivity index (χ0n) is 8.57. The zero-order valence-corrected chi connectivity index (χ0v) is 8.57. The third-order valence-corrected chi connectivity index (χ3v) is 1.75. The van der Waals surface area contributed by atoms with Gasteiger partial charge in [-0.2, -0.15) is 0 Å². The standard InChI is InChI=1S/C12H18/c1-7-11(6)8-12(9(2)3)10(4)5/h7-8H,2,4H2,1,3,5-6H3/b11-7-. The van der Waals surface area contributed by atoms with E-state index >= 15 is 0 Å². The molecule has 0 heteroatoms. The Kier molecular flexibility index (Phi) is 4.35. The molecule has 0 heterocycles. The van der Waals surface area contributed by atoms with E-state index < -0.39 is 0 Å². The van der Waals surface area contributed by atoms with Crippen LogP contribution in [0.5, 0.6) is 0 Å². The molecule has 0 aliphatic carbocycles. The van der Waals surface area contributed by atoms with Crippen molar-refractivity contribution < 1.29 is 0 Å². The highest BCUT2D eigenvalue weighted by Gasteiger charge is 1.97. The lowest BCUT2D eigenvalue weighted by molar-refractivity contribution is 1.32. The van der Waals surface area contributed by atoms with Crippen LogP contribution in [0.25, 0.3) is 0 Å². The van der Waals surface area contributed by atoms with Gasteiger partial charge in [-0.1, -0.05) is 42.0 Å². The molecular formula is C12H18. The molecule has 0 saturated carbocycles. The van der Waals surface area contributed by atoms with Crippen molar-refractivity contribution in [3.8, 4) is 0 Å². The van der Waals surface area contributed by atoms with E-state index in [1.807, 2.05) is 20.8 Å². The Balaban J connectivity index is 4.87. The quantitative estimate of drug-likeness (QED) is 0.549. The fourth-order valence-electron chi connectivity index (χ4n) is 0.922. The van der Waals surface area contributed by atoms with Crippen LogP contribution < -0.4 is 0 Å². The van der Waals surface area contributed by atoms with Gasteiger partial charge in [0, 0.05) is 0 Å². The lowest BCUT2D eigenvalue weighted by Gasteiger charge is -2.05. The van der Waals surface area contributed by atoms with Gasteiger partial charge >= 0.3 is 0 Å². The van der Waals surface area contributed by atoms with Crippen molar-refractivity contribution in [1.29, 1.82) is 0 Å². The lowest BCUT2D eigenvalue weighted by Crippen LogP contribution is -1.86. The third-order valence-electron chi connectivity index (χ3n) is 1.75. The predicted octanol–water partition coefficient (Wildman–Crippen LogP) is 4.03. The van der Waals surface area contributed by atoms with Crippen molar-refractivity contribution in [3.05, 3.63) is 47.6 Å². The summed E-state index contributed by atoms with van der Waals surface area (Å²) in [6, 6.07) is 0. The van der Waals surface area contributed by atoms with E-state index in [1.165, 1.54) is 5.57 Å². The van der Waals surface area contributed by atoms with Crippen molar-refractivity contribution in [1.82, 2.24) is 0 Å². The maximum Gasteiger partial charge on any atom is -0.0207 e. The van der Waals surface area contributed by atoms with Crippen molar-refractivity contribution in [2.75, 3.05) is 0 Å². The van der Waals surface area contributed by atoms with E-state index in [0.717, 1.165) is 16.7 Å². The van der Waals surface area contributed by atoms with Gasteiger partial charge in [-0.15, -0.1) is 0 Å². The Bertz CT molecular complexity index is 233. The van der Waals surface area contributed by atoms with E-state index in [4.69, 9.17) is 0 Å². The molecule has 0 saturated heterocycles. The molecular weight excluding hydrogens is 144 g/mol. The van der Waals surface area contributed by atoms with Gasteiger partial charge in [-0.3, -0.25) is 0 Å². The average Bonchev–Trinajstić information content (AvgIpc) is 1.98. The van der Waals surface area contributed by atoms with Crippen LogP contribution in [0.3, 0.4) is 0 Å². The fraction of sp³-hybridized carbons (Fsp3) is 0.333. The van der Waals surface area contributed by atoms with Crippen LogP contribution in [0.1, 0.15) is 27.7 Å². The number of allylic oxidation sites excluding steroid dienone is 6. The van der Waals surface area contributed by atoms with Crippen LogP contribution in [-0.2, 0) is 0 Å². The van der Waals surface area contributed by atoms with Crippen LogP contribution in [0.4, 0.5) is 0 Å². The van der Waals surface area contributed by atoms with Crippen molar-refractivity contribution in [2.45, 2.75) is 27.7 Å². The second-order valence-corrected chi connectivity index (χ2v) is 3.15. The van der Waals surface area contributed by atoms with Gasteiger partial charge in [-0.05, 0) is 33.3 Å². The summed E-state index contributed by atoms with van der Waals surface area (Å²) in [6.45, 7) is 15.9. The van der Waals surface area contributed by atoms with Gasteiger partial charge in [0.15, 0.2) is 0 Å². The largest absolute Gasteiger partial charge is 0.0955 e. The molecule has 0 N–H and O–H groups in total. The maximum absolute atomic E-state index is 3.91. The summed E-state index contributed by atoms with van der Waals surface area (Å²) in [5.74, 6) is 0. The summed E-state index contributed by atoms with van der Waals surface area (Å²) >= 11 is 0. The molecule has 0 rings (SSSR count). The topological polar surface area (TPSA) is 0 Å². The minimum Gasteiger partial charge on any atom is -0.0955 e. The summed E-state index contributed by atoms with van der Waals surface area (Å²) in [5, 5.41) is 0. The zero-order chi connectivity index (χ0) is 9.72. The van der Waals surface area contributed by atoms with E-state index in [9.17, 15) is 0 Å². The first-order chi connectivity index (χ1) is 5.49. The minimum atomic E-state index is 1.07. The summed E-state index contributed by atoms with van der Waals surface area (Å²) in [6.07, 6.45) is 4.19. The molecule has 0 atom stereocenters. The number of hydrogen-bond acceptors (Lipinski definition) is 0. The smallest absolute Gasteiger partial charge is 0.0207 e. The monoisotopic (exact) mass is 162 g/mol. The molecule has 0 aromatic carbocycles. The highest BCUT2D eigenvalue weighted by atomic mass is 14.0. The summed E-state index contributed by atoms with van der Waals surface area (Å²) < 4.78 is 0. The van der Waals surface area contributed by atoms with Crippen molar-refractivity contribution >= 4 is 0 Å². The van der Waals surface area contributed by atoms with Gasteiger partial charge in [0.05, 0.1) is 0 Å². The molecule has 0 unspecified atom stereocenters. The highest BCUT2D eigenvalue weighted by Crippen LogP contribution is 2.17. The SMILES string of the molecule is C=C(C)C(=C/C(C)=C\C)C(=C)C. The van der Waals surface area contributed by atoms with Crippen LogP contribution in [0.15, 0.2) is 47.6 Å². The van der Waals surface area contributed by atoms with Crippen LogP contribution >= 0.6 is 0 Å². The first-order valence-corrected chi connectivity index (χ1v) is 4.15. The molecule has 0 aliphatic heterocycles. The summed E-state index contributed by atoms with van der Waals surface area (Å²) in [7, 11) is 0. The predicted molar refractivity (Wildman–Crippen MR) is 57.1 cm³/mol. The van der Waals surface area contributed by atoms with Crippen LogP contribution in [0.2, 0.25) is 0 Å². The van der Waals surface area contributed by atoms with Gasteiger partial charge in [-0.25, -0.2) is 0 Å². The minimum absolute atomic E-state index is 1.07. The molecule has 66 valence electrons. The van der Waals surface area contributed by atoms with E-state index in [-0.39, 0.29) is 0 Å². The first-order valence-electron chi connectivity index (χ1n) is 4.15. The molecule has 0 bridgehead atoms. The normalized spacial score (nSPS) is 10.8. The molecule has 0 radical (unpaired) electrons. The van der Waals surface area contributed by atoms with E-state index in [0.29, 0.717) is 0 Å². The number of hydrogen-bond donors (Lipinski definition) is 0. The molecule has 0 aliphatic rings. The molecule has 0 spiro atoms. The second kappa shape index (κ2) is 4.76. The van der Waals surface area contributed by atoms with Crippen LogP contribution in [-0.4, -0.2) is 0 Å². The third kappa shape index (κ3) is 3.38. The molecule has 0 aromatic heterocycles. The molecule has 0 fully saturated rings. The number of rotatable bonds is 3. The summed E-state index contributed by atoms with van der Waals surface area (Å²) in [5.41, 5.74) is 4.55. The average molecular weight is 162 g/mol. The Labute approximate surface area is 76.0 Å². The molecule has 0 amide bonds. The van der Waals surface area contributed by atoms with Gasteiger partial charge in [0.25, 0.3) is 0 Å². The van der Waals surface area contributed by atoms with E-state index in [2.05, 4.69) is 32.2 Å². The molecule has 12 heavy (non-hydrogen) atoms. The second-order valence-electron chi connectivity index (χ2n) is 3.15. The Morgan fingerprint density at radius 2 is 1.42 bits per heavy atom. The van der Waals surface area contributed by atoms with Crippen LogP contribution in [0, 0.1) is 0 Å². The lowest BCUT2D eigenvalue weighted by atomic mass is 10.0. The van der Waals surface area contributed by atoms with Gasteiger partial charge in [0.1, 0.15) is 0 Å². The molecule has 0 nitrogen and oxygen atoms in total. The highest BCUT2D eigenvalue weighted by molar-refractivity contribution is 5.45. The maximum atomic E-state index is 3.91.